The van der Waals surface area contributed by atoms with E-state index in [1.807, 2.05) is 0 Å². The van der Waals surface area contributed by atoms with Crippen LogP contribution in [0, 0.1) is 21.7 Å². The van der Waals surface area contributed by atoms with Gasteiger partial charge in [-0.2, -0.15) is 4.39 Å². The minimum Gasteiger partial charge on any atom is -0.366 e. The molecule has 1 rings (SSSR count). The maximum Gasteiger partial charge on any atom is 0.307 e. The fraction of sp³-hybridized carbons (Fsp3) is 0. The molecular weight excluding hydrogens is 198 g/mol. The summed E-state index contributed by atoms with van der Waals surface area (Å²) in [6, 6.07) is 1.44. The fourth-order valence-corrected chi connectivity index (χ4v) is 0.871. The van der Waals surface area contributed by atoms with Crippen LogP contribution in [0.15, 0.2) is 12.1 Å². The summed E-state index contributed by atoms with van der Waals surface area (Å²) in [6.07, 6.45) is 0. The van der Waals surface area contributed by atoms with Crippen LogP contribution in [0.5, 0.6) is 0 Å². The number of hydrogen-bond donors (Lipinski definition) is 1. The summed E-state index contributed by atoms with van der Waals surface area (Å²) >= 11 is 0. The predicted octanol–water partition coefficient (Wildman–Crippen LogP) is 0.972. The Balaban J connectivity index is 3.41. The van der Waals surface area contributed by atoms with Crippen LogP contribution in [0.4, 0.5) is 14.5 Å². The van der Waals surface area contributed by atoms with E-state index in [-0.39, 0.29) is 0 Å². The number of nitro benzene ring substituents is 1. The number of nitrogens with two attached hydrogens (primary N) is 1. The Kier molecular flexibility index (Phi) is 2.41. The number of halogens is 2. The van der Waals surface area contributed by atoms with Gasteiger partial charge in [-0.3, -0.25) is 14.9 Å². The first-order valence-corrected chi connectivity index (χ1v) is 3.37. The monoisotopic (exact) mass is 202 g/mol. The van der Waals surface area contributed by atoms with Crippen molar-refractivity contribution in [3.05, 3.63) is 39.4 Å². The largest absolute Gasteiger partial charge is 0.366 e. The maximum atomic E-state index is 12.9. The zero-order valence-corrected chi connectivity index (χ0v) is 6.66. The summed E-state index contributed by atoms with van der Waals surface area (Å²) < 4.78 is 25.7. The third kappa shape index (κ3) is 1.51. The van der Waals surface area contributed by atoms with Gasteiger partial charge in [-0.25, -0.2) is 4.39 Å². The molecule has 14 heavy (non-hydrogen) atoms. The maximum absolute atomic E-state index is 12.9. The van der Waals surface area contributed by atoms with Crippen molar-refractivity contribution < 1.29 is 18.5 Å². The van der Waals surface area contributed by atoms with Gasteiger partial charge in [0.25, 0.3) is 5.91 Å². The molecular formula is C7H4F2N2O3. The molecule has 0 aliphatic rings. The SMILES string of the molecule is NC(=O)c1ccc([N+](=O)[O-])c(F)c1F. The average Bonchev–Trinajstić information content (AvgIpc) is 2.08. The highest BCUT2D eigenvalue weighted by Crippen LogP contribution is 2.21. The Morgan fingerprint density at radius 1 is 1.36 bits per heavy atom. The number of rotatable bonds is 2. The van der Waals surface area contributed by atoms with Crippen molar-refractivity contribution in [3.63, 3.8) is 0 Å². The fourth-order valence-electron chi connectivity index (χ4n) is 0.871. The van der Waals surface area contributed by atoms with Crippen LogP contribution in [-0.4, -0.2) is 10.8 Å². The molecule has 0 unspecified atom stereocenters. The number of hydrogen-bond acceptors (Lipinski definition) is 3. The first-order chi connectivity index (χ1) is 6.45. The standard InChI is InChI=1S/C7H4F2N2O3/c8-5-3(7(10)12)1-2-4(6(5)9)11(13)14/h1-2H,(H2,10,12). The lowest BCUT2D eigenvalue weighted by Crippen LogP contribution is -2.14. The molecule has 0 saturated heterocycles. The molecule has 0 bridgehead atoms. The third-order valence-corrected chi connectivity index (χ3v) is 1.52. The van der Waals surface area contributed by atoms with Crippen molar-refractivity contribution in [3.8, 4) is 0 Å². The van der Waals surface area contributed by atoms with E-state index in [0.717, 1.165) is 6.07 Å². The van der Waals surface area contributed by atoms with Crippen LogP contribution in [0.1, 0.15) is 10.4 Å². The molecule has 1 amide bonds. The van der Waals surface area contributed by atoms with Crippen LogP contribution in [0.25, 0.3) is 0 Å². The van der Waals surface area contributed by atoms with E-state index in [0.29, 0.717) is 6.07 Å². The minimum atomic E-state index is -1.69. The Bertz CT molecular complexity index is 381. The summed E-state index contributed by atoms with van der Waals surface area (Å²) in [7, 11) is 0. The lowest BCUT2D eigenvalue weighted by molar-refractivity contribution is -0.387. The minimum absolute atomic E-state index is 0.679. The zero-order chi connectivity index (χ0) is 10.9. The summed E-state index contributed by atoms with van der Waals surface area (Å²) in [5.41, 5.74) is 2.94. The second-order valence-electron chi connectivity index (χ2n) is 2.38. The molecule has 0 saturated carbocycles. The lowest BCUT2D eigenvalue weighted by Gasteiger charge is -1.99. The van der Waals surface area contributed by atoms with Crippen molar-refractivity contribution in [2.24, 2.45) is 5.73 Å². The Morgan fingerprint density at radius 2 is 1.93 bits per heavy atom. The molecule has 0 aromatic heterocycles. The number of carbonyl (C=O) groups excluding carboxylic acids is 1. The summed E-state index contributed by atoms with van der Waals surface area (Å²) in [5.74, 6) is -4.48. The number of nitro groups is 1. The first kappa shape index (κ1) is 10.0. The number of nitrogens with zero attached hydrogens (tertiary/aromatic N) is 1. The van der Waals surface area contributed by atoms with Crippen LogP contribution < -0.4 is 5.73 Å². The lowest BCUT2D eigenvalue weighted by atomic mass is 10.2. The second kappa shape index (κ2) is 3.36. The third-order valence-electron chi connectivity index (χ3n) is 1.52. The average molecular weight is 202 g/mol. The Hall–Kier alpha value is -2.05. The van der Waals surface area contributed by atoms with E-state index in [9.17, 15) is 23.7 Å². The number of primary amides is 1. The van der Waals surface area contributed by atoms with E-state index in [2.05, 4.69) is 0 Å². The normalized spacial score (nSPS) is 9.86. The second-order valence-corrected chi connectivity index (χ2v) is 2.38. The van der Waals surface area contributed by atoms with Gasteiger partial charge in [-0.1, -0.05) is 0 Å². The van der Waals surface area contributed by atoms with Gasteiger partial charge in [0.05, 0.1) is 10.5 Å². The molecule has 0 radical (unpaired) electrons. The molecule has 2 N–H and O–H groups in total. The number of benzene rings is 1. The molecule has 0 aliphatic carbocycles. The summed E-state index contributed by atoms with van der Waals surface area (Å²) in [5, 5.41) is 10.1. The number of carbonyl (C=O) groups is 1. The van der Waals surface area contributed by atoms with Crippen LogP contribution in [0.3, 0.4) is 0 Å². The Morgan fingerprint density at radius 3 is 2.36 bits per heavy atom. The van der Waals surface area contributed by atoms with Gasteiger partial charge >= 0.3 is 5.69 Å². The van der Waals surface area contributed by atoms with Crippen molar-refractivity contribution in [1.82, 2.24) is 0 Å². The van der Waals surface area contributed by atoms with E-state index >= 15 is 0 Å². The van der Waals surface area contributed by atoms with E-state index in [1.165, 1.54) is 0 Å². The number of amides is 1. The molecule has 5 nitrogen and oxygen atoms in total. The highest BCUT2D eigenvalue weighted by atomic mass is 19.2. The molecule has 0 atom stereocenters. The highest BCUT2D eigenvalue weighted by molar-refractivity contribution is 5.93. The van der Waals surface area contributed by atoms with Gasteiger partial charge in [-0.15, -0.1) is 0 Å². The van der Waals surface area contributed by atoms with E-state index < -0.39 is 33.7 Å². The zero-order valence-electron chi connectivity index (χ0n) is 6.66. The first-order valence-electron chi connectivity index (χ1n) is 3.37. The van der Waals surface area contributed by atoms with Gasteiger partial charge in [-0.05, 0) is 6.07 Å². The molecule has 1 aromatic rings. The summed E-state index contributed by atoms with van der Waals surface area (Å²) in [4.78, 5) is 19.5. The molecule has 7 heteroatoms. The smallest absolute Gasteiger partial charge is 0.307 e. The molecule has 0 fully saturated rings. The topological polar surface area (TPSA) is 86.2 Å². The van der Waals surface area contributed by atoms with Gasteiger partial charge in [0.2, 0.25) is 5.82 Å². The van der Waals surface area contributed by atoms with Gasteiger partial charge in [0, 0.05) is 6.07 Å². The van der Waals surface area contributed by atoms with E-state index in [1.54, 1.807) is 0 Å². The van der Waals surface area contributed by atoms with Gasteiger partial charge in [0.1, 0.15) is 0 Å². The molecule has 0 aliphatic heterocycles. The molecule has 0 heterocycles. The van der Waals surface area contributed by atoms with Gasteiger partial charge in [0.15, 0.2) is 5.82 Å². The van der Waals surface area contributed by atoms with E-state index in [4.69, 9.17) is 5.73 Å². The molecule has 74 valence electrons. The van der Waals surface area contributed by atoms with Crippen molar-refractivity contribution in [2.75, 3.05) is 0 Å². The predicted molar refractivity (Wildman–Crippen MR) is 41.5 cm³/mol. The van der Waals surface area contributed by atoms with Crippen molar-refractivity contribution in [2.45, 2.75) is 0 Å². The Labute approximate surface area is 76.3 Å². The van der Waals surface area contributed by atoms with Crippen LogP contribution in [-0.2, 0) is 0 Å². The van der Waals surface area contributed by atoms with Crippen LogP contribution in [0.2, 0.25) is 0 Å². The van der Waals surface area contributed by atoms with Crippen LogP contribution >= 0.6 is 0 Å². The highest BCUT2D eigenvalue weighted by Gasteiger charge is 2.22. The summed E-state index contributed by atoms with van der Waals surface area (Å²) in [6.45, 7) is 0. The molecule has 1 aromatic carbocycles. The van der Waals surface area contributed by atoms with Crippen molar-refractivity contribution in [1.29, 1.82) is 0 Å². The quantitative estimate of drug-likeness (QED) is 0.572. The molecule has 0 spiro atoms. The van der Waals surface area contributed by atoms with Crippen molar-refractivity contribution >= 4 is 11.6 Å². The van der Waals surface area contributed by atoms with Gasteiger partial charge < -0.3 is 5.73 Å².